The van der Waals surface area contributed by atoms with Crippen molar-refractivity contribution in [2.24, 2.45) is 16.2 Å². The minimum atomic E-state index is -1.00. The molecule has 2 aliphatic heterocycles. The predicted octanol–water partition coefficient (Wildman–Crippen LogP) is 8.96. The molecule has 14 nitrogen and oxygen atoms in total. The average molecular weight is 1020 g/mol. The standard InChI is InChI=1S/C56H65ClN6O8S/c1-33(37-18-20-38(21-19-37)47-34(2)59-32-72-47)60-49(66)45-27-42(70-35(3)64)30-62(45)51(68)48(54(4,5)6)61-46(65)31-69-24-14-12-11-13-15-36-16-17-40-29-63(50(67)43(40)25-36)52-55(7,8)53(56(52,9)10)71-41-23-22-39(28-58)44(57)26-41/h16-23,25-26,32-33,42,45,48,52-53H,11-12,14,24,27,29-31H2,1-10H3,(H,60,66)(H,61,65)/t33-,42+,45+,48+,52?,53?/m0/s1. The molecular weight excluding hydrogens is 952 g/mol. The summed E-state index contributed by atoms with van der Waals surface area (Å²) in [5.74, 6) is 5.15. The molecule has 3 heterocycles. The molecule has 3 aliphatic rings. The highest BCUT2D eigenvalue weighted by Gasteiger charge is 2.67. The van der Waals surface area contributed by atoms with Crippen LogP contribution in [0.25, 0.3) is 10.4 Å². The number of fused-ring (bicyclic) bond motifs is 1. The van der Waals surface area contributed by atoms with Crippen molar-refractivity contribution in [3.8, 4) is 34.1 Å². The van der Waals surface area contributed by atoms with Crippen molar-refractivity contribution in [3.05, 3.63) is 105 Å². The van der Waals surface area contributed by atoms with E-state index in [2.05, 4.69) is 61.2 Å². The molecule has 2 N–H and O–H groups in total. The molecular formula is C56H65ClN6O8S. The van der Waals surface area contributed by atoms with Gasteiger partial charge in [0.1, 0.15) is 42.7 Å². The first-order chi connectivity index (χ1) is 34.0. The molecule has 4 amide bonds. The fourth-order valence-electron chi connectivity index (χ4n) is 10.9. The van der Waals surface area contributed by atoms with E-state index in [1.807, 2.05) is 87.5 Å². The van der Waals surface area contributed by atoms with Crippen LogP contribution in [0.2, 0.25) is 5.02 Å². The zero-order valence-corrected chi connectivity index (χ0v) is 44.4. The molecule has 1 saturated carbocycles. The quantitative estimate of drug-likeness (QED) is 0.0625. The van der Waals surface area contributed by atoms with Crippen molar-refractivity contribution in [1.82, 2.24) is 25.4 Å². The van der Waals surface area contributed by atoms with E-state index >= 15 is 0 Å². The third kappa shape index (κ3) is 11.7. The Morgan fingerprint density at radius 2 is 1.72 bits per heavy atom. The Bertz CT molecular complexity index is 2800. The highest BCUT2D eigenvalue weighted by Crippen LogP contribution is 2.59. The van der Waals surface area contributed by atoms with E-state index in [9.17, 15) is 29.2 Å². The van der Waals surface area contributed by atoms with Crippen LogP contribution in [0.1, 0.15) is 132 Å². The molecule has 4 atom stereocenters. The fraction of sp³-hybridized carbons (Fsp3) is 0.482. The number of hydrogen-bond donors (Lipinski definition) is 2. The monoisotopic (exact) mass is 1020 g/mol. The number of aryl methyl sites for hydroxylation is 1. The number of ether oxygens (including phenoxy) is 3. The number of amides is 4. The maximum Gasteiger partial charge on any atom is 0.302 e. The number of likely N-dealkylation sites (tertiary alicyclic amines) is 1. The molecule has 380 valence electrons. The van der Waals surface area contributed by atoms with Gasteiger partial charge in [0.25, 0.3) is 5.91 Å². The number of thiazole rings is 1. The maximum absolute atomic E-state index is 14.3. The van der Waals surface area contributed by atoms with Crippen molar-refractivity contribution in [2.75, 3.05) is 19.8 Å². The predicted molar refractivity (Wildman–Crippen MR) is 276 cm³/mol. The van der Waals surface area contributed by atoms with Gasteiger partial charge in [0, 0.05) is 67.0 Å². The molecule has 72 heavy (non-hydrogen) atoms. The number of hydrogen-bond acceptors (Lipinski definition) is 11. The Labute approximate surface area is 432 Å². The summed E-state index contributed by atoms with van der Waals surface area (Å²) in [7, 11) is 0. The summed E-state index contributed by atoms with van der Waals surface area (Å²) in [6.07, 6.45) is 1.17. The second-order valence-electron chi connectivity index (χ2n) is 21.4. The molecule has 0 radical (unpaired) electrons. The van der Waals surface area contributed by atoms with Crippen LogP contribution in [0.15, 0.2) is 66.2 Å². The van der Waals surface area contributed by atoms with Crippen LogP contribution in [0.4, 0.5) is 0 Å². The van der Waals surface area contributed by atoms with Gasteiger partial charge in [0.05, 0.1) is 39.3 Å². The summed E-state index contributed by atoms with van der Waals surface area (Å²) in [6.45, 7) is 19.6. The highest BCUT2D eigenvalue weighted by atomic mass is 35.5. The highest BCUT2D eigenvalue weighted by molar-refractivity contribution is 7.13. The maximum atomic E-state index is 14.3. The first kappa shape index (κ1) is 53.5. The van der Waals surface area contributed by atoms with Crippen molar-refractivity contribution in [3.63, 3.8) is 0 Å². The molecule has 2 fully saturated rings. The van der Waals surface area contributed by atoms with Gasteiger partial charge < -0.3 is 34.6 Å². The van der Waals surface area contributed by atoms with Gasteiger partial charge in [-0.1, -0.05) is 102 Å². The number of aromatic nitrogens is 1. The van der Waals surface area contributed by atoms with Crippen LogP contribution >= 0.6 is 22.9 Å². The first-order valence-corrected chi connectivity index (χ1v) is 25.7. The van der Waals surface area contributed by atoms with Crippen LogP contribution < -0.4 is 15.4 Å². The van der Waals surface area contributed by atoms with Crippen molar-refractivity contribution in [1.29, 1.82) is 5.26 Å². The summed E-state index contributed by atoms with van der Waals surface area (Å²) in [5.41, 5.74) is 5.94. The lowest BCUT2D eigenvalue weighted by Crippen LogP contribution is -2.74. The SMILES string of the molecule is CC(=O)O[C@@H]1C[C@H](C(=O)N[C@@H](C)c2ccc(-c3scnc3C)cc2)N(C(=O)[C@@H](NC(=O)COCCCCC#Cc2ccc3c(c2)C(=O)N(C2C(C)(C)C(Oc4ccc(C#N)c(Cl)c4)C2(C)C)C3)C(C)(C)C)C1. The second kappa shape index (κ2) is 21.8. The van der Waals surface area contributed by atoms with Crippen LogP contribution in [0.5, 0.6) is 5.75 Å². The molecule has 4 aromatic rings. The van der Waals surface area contributed by atoms with Gasteiger partial charge in [-0.25, -0.2) is 4.98 Å². The van der Waals surface area contributed by atoms with Gasteiger partial charge in [-0.2, -0.15) is 5.26 Å². The Kier molecular flexibility index (Phi) is 16.2. The van der Waals surface area contributed by atoms with Crippen LogP contribution in [-0.4, -0.2) is 94.5 Å². The summed E-state index contributed by atoms with van der Waals surface area (Å²) < 4.78 is 17.7. The zero-order valence-electron chi connectivity index (χ0n) is 42.8. The largest absolute Gasteiger partial charge is 0.489 e. The molecule has 0 unspecified atom stereocenters. The van der Waals surface area contributed by atoms with Gasteiger partial charge in [-0.15, -0.1) is 11.3 Å². The summed E-state index contributed by atoms with van der Waals surface area (Å²) >= 11 is 7.86. The number of esters is 1. The minimum Gasteiger partial charge on any atom is -0.489 e. The number of carbonyl (C=O) groups is 5. The van der Waals surface area contributed by atoms with Gasteiger partial charge in [0.15, 0.2) is 0 Å². The Hall–Kier alpha value is -6.26. The molecule has 1 aliphatic carbocycles. The normalized spacial score (nSPS) is 20.5. The number of nitrogens with one attached hydrogen (secondary N) is 2. The number of nitrogens with zero attached hydrogens (tertiary/aromatic N) is 4. The average Bonchev–Trinajstić information content (AvgIpc) is 4.03. The van der Waals surface area contributed by atoms with Gasteiger partial charge in [-0.3, -0.25) is 24.0 Å². The molecule has 7 rings (SSSR count). The lowest BCUT2D eigenvalue weighted by Gasteiger charge is -2.65. The summed E-state index contributed by atoms with van der Waals surface area (Å²) in [5, 5.41) is 15.5. The van der Waals surface area contributed by atoms with Crippen LogP contribution in [0, 0.1) is 46.3 Å². The van der Waals surface area contributed by atoms with E-state index in [0.29, 0.717) is 47.9 Å². The van der Waals surface area contributed by atoms with Gasteiger partial charge >= 0.3 is 5.97 Å². The Morgan fingerprint density at radius 1 is 1.00 bits per heavy atom. The second-order valence-corrected chi connectivity index (χ2v) is 22.6. The topological polar surface area (TPSA) is 180 Å². The third-order valence-electron chi connectivity index (χ3n) is 14.0. The van der Waals surface area contributed by atoms with Crippen molar-refractivity contribution in [2.45, 2.75) is 138 Å². The van der Waals surface area contributed by atoms with E-state index < -0.39 is 41.4 Å². The Morgan fingerprint density at radius 3 is 2.36 bits per heavy atom. The molecule has 0 bridgehead atoms. The van der Waals surface area contributed by atoms with E-state index in [0.717, 1.165) is 39.2 Å². The fourth-order valence-corrected chi connectivity index (χ4v) is 11.9. The molecule has 16 heteroatoms. The van der Waals surface area contributed by atoms with Crippen molar-refractivity contribution < 1.29 is 38.2 Å². The number of rotatable bonds is 16. The molecule has 0 spiro atoms. The number of benzene rings is 3. The van der Waals surface area contributed by atoms with Crippen LogP contribution in [0.3, 0.4) is 0 Å². The van der Waals surface area contributed by atoms with Crippen LogP contribution in [-0.2, 0) is 35.2 Å². The summed E-state index contributed by atoms with van der Waals surface area (Å²) in [4.78, 5) is 76.3. The number of carbonyl (C=O) groups excluding carboxylic acids is 5. The molecule has 1 aromatic heterocycles. The molecule has 3 aromatic carbocycles. The van der Waals surface area contributed by atoms with Crippen molar-refractivity contribution >= 4 is 52.5 Å². The lowest BCUT2D eigenvalue weighted by molar-refractivity contribution is -0.199. The summed E-state index contributed by atoms with van der Waals surface area (Å²) in [6, 6.07) is 18.4. The van der Waals surface area contributed by atoms with E-state index in [1.165, 1.54) is 11.8 Å². The number of unbranched alkanes of at least 4 members (excludes halogenated alkanes) is 2. The molecule has 1 saturated heterocycles. The first-order valence-electron chi connectivity index (χ1n) is 24.5. The number of halogens is 1. The van der Waals surface area contributed by atoms with E-state index in [1.54, 1.807) is 29.5 Å². The lowest BCUT2D eigenvalue weighted by atomic mass is 9.49. The van der Waals surface area contributed by atoms with Gasteiger partial charge in [-0.05, 0) is 73.1 Å². The minimum absolute atomic E-state index is 0.00728. The number of nitriles is 1. The third-order valence-corrected chi connectivity index (χ3v) is 15.3. The van der Waals surface area contributed by atoms with Gasteiger partial charge in [0.2, 0.25) is 17.7 Å². The van der Waals surface area contributed by atoms with E-state index in [4.69, 9.17) is 25.8 Å². The Balaban J connectivity index is 0.872. The zero-order chi connectivity index (χ0) is 52.3. The smallest absolute Gasteiger partial charge is 0.302 e. The van der Waals surface area contributed by atoms with E-state index in [-0.39, 0.29) is 60.4 Å².